The maximum atomic E-state index is 5.60. The highest BCUT2D eigenvalue weighted by Gasteiger charge is 2.14. The van der Waals surface area contributed by atoms with Crippen molar-refractivity contribution < 1.29 is 0 Å². The van der Waals surface area contributed by atoms with Crippen LogP contribution < -0.4 is 11.1 Å². The number of rotatable bonds is 1. The highest BCUT2D eigenvalue weighted by atomic mass is 14.9. The largest absolute Gasteiger partial charge is 0.329 e. The second kappa shape index (κ2) is 3.25. The Labute approximate surface area is 72.8 Å². The molecular weight excluding hydrogens is 148 g/mol. The highest BCUT2D eigenvalue weighted by molar-refractivity contribution is 5.29. The summed E-state index contributed by atoms with van der Waals surface area (Å²) in [6.45, 7) is 1.70. The molecule has 0 aromatic heterocycles. The zero-order chi connectivity index (χ0) is 8.39. The topological polar surface area (TPSA) is 38.0 Å². The molecule has 2 nitrogen and oxygen atoms in total. The van der Waals surface area contributed by atoms with Gasteiger partial charge in [-0.15, -0.1) is 0 Å². The van der Waals surface area contributed by atoms with E-state index in [2.05, 4.69) is 29.6 Å². The third-order valence-corrected chi connectivity index (χ3v) is 2.45. The van der Waals surface area contributed by atoms with Crippen LogP contribution in [0.2, 0.25) is 0 Å². The van der Waals surface area contributed by atoms with E-state index in [1.54, 1.807) is 0 Å². The zero-order valence-electron chi connectivity index (χ0n) is 7.09. The van der Waals surface area contributed by atoms with Crippen molar-refractivity contribution in [2.24, 2.45) is 5.73 Å². The van der Waals surface area contributed by atoms with E-state index in [9.17, 15) is 0 Å². The summed E-state index contributed by atoms with van der Waals surface area (Å²) in [5.74, 6) is 0. The fraction of sp³-hybridized carbons (Fsp3) is 0.400. The van der Waals surface area contributed by atoms with Crippen LogP contribution in [0.3, 0.4) is 0 Å². The van der Waals surface area contributed by atoms with Gasteiger partial charge in [0.25, 0.3) is 0 Å². The Morgan fingerprint density at radius 1 is 1.33 bits per heavy atom. The Morgan fingerprint density at radius 3 is 2.83 bits per heavy atom. The first-order valence-electron chi connectivity index (χ1n) is 4.40. The van der Waals surface area contributed by atoms with Crippen LogP contribution in [0.4, 0.5) is 0 Å². The SMILES string of the molecule is NCC1Cc2ccccc2CN1. The molecule has 2 rings (SSSR count). The van der Waals surface area contributed by atoms with Gasteiger partial charge in [0.1, 0.15) is 0 Å². The van der Waals surface area contributed by atoms with Crippen molar-refractivity contribution in [1.82, 2.24) is 5.32 Å². The van der Waals surface area contributed by atoms with E-state index in [-0.39, 0.29) is 0 Å². The number of benzene rings is 1. The van der Waals surface area contributed by atoms with Gasteiger partial charge >= 0.3 is 0 Å². The Kier molecular flexibility index (Phi) is 2.11. The smallest absolute Gasteiger partial charge is 0.0233 e. The molecule has 1 aromatic carbocycles. The molecule has 1 aliphatic rings. The fourth-order valence-corrected chi connectivity index (χ4v) is 1.69. The molecule has 1 atom stereocenters. The molecule has 0 bridgehead atoms. The number of nitrogens with one attached hydrogen (secondary N) is 1. The summed E-state index contributed by atoms with van der Waals surface area (Å²) in [4.78, 5) is 0. The van der Waals surface area contributed by atoms with Crippen LogP contribution in [-0.4, -0.2) is 12.6 Å². The molecule has 12 heavy (non-hydrogen) atoms. The molecule has 2 heteroatoms. The summed E-state index contributed by atoms with van der Waals surface area (Å²) in [6.07, 6.45) is 1.08. The van der Waals surface area contributed by atoms with E-state index < -0.39 is 0 Å². The maximum Gasteiger partial charge on any atom is 0.0233 e. The van der Waals surface area contributed by atoms with Crippen LogP contribution >= 0.6 is 0 Å². The monoisotopic (exact) mass is 162 g/mol. The Bertz CT molecular complexity index is 270. The minimum atomic E-state index is 0.472. The van der Waals surface area contributed by atoms with Gasteiger partial charge in [-0.2, -0.15) is 0 Å². The summed E-state index contributed by atoms with van der Waals surface area (Å²) in [5.41, 5.74) is 8.47. The average molecular weight is 162 g/mol. The quantitative estimate of drug-likeness (QED) is 0.636. The van der Waals surface area contributed by atoms with Gasteiger partial charge in [0.05, 0.1) is 0 Å². The molecule has 3 N–H and O–H groups in total. The predicted octanol–water partition coefficient (Wildman–Crippen LogP) is 0.660. The van der Waals surface area contributed by atoms with Crippen LogP contribution in [0.1, 0.15) is 11.1 Å². The lowest BCUT2D eigenvalue weighted by Gasteiger charge is -2.24. The van der Waals surface area contributed by atoms with Gasteiger partial charge in [-0.05, 0) is 17.5 Å². The van der Waals surface area contributed by atoms with E-state index in [0.717, 1.165) is 19.5 Å². The molecule has 1 heterocycles. The Balaban J connectivity index is 2.23. The van der Waals surface area contributed by atoms with Crippen molar-refractivity contribution in [3.05, 3.63) is 35.4 Å². The number of fused-ring (bicyclic) bond motifs is 1. The first-order valence-corrected chi connectivity index (χ1v) is 4.40. The fourth-order valence-electron chi connectivity index (χ4n) is 1.69. The van der Waals surface area contributed by atoms with Gasteiger partial charge in [-0.25, -0.2) is 0 Å². The summed E-state index contributed by atoms with van der Waals surface area (Å²) < 4.78 is 0. The lowest BCUT2D eigenvalue weighted by Crippen LogP contribution is -2.40. The molecule has 0 amide bonds. The minimum absolute atomic E-state index is 0.472. The Morgan fingerprint density at radius 2 is 2.08 bits per heavy atom. The van der Waals surface area contributed by atoms with Crippen molar-refractivity contribution >= 4 is 0 Å². The molecule has 0 saturated carbocycles. The van der Waals surface area contributed by atoms with Crippen LogP contribution in [0.15, 0.2) is 24.3 Å². The summed E-state index contributed by atoms with van der Waals surface area (Å²) >= 11 is 0. The van der Waals surface area contributed by atoms with Crippen molar-refractivity contribution in [2.75, 3.05) is 6.54 Å². The van der Waals surface area contributed by atoms with E-state index in [1.807, 2.05) is 0 Å². The summed E-state index contributed by atoms with van der Waals surface area (Å²) in [5, 5.41) is 3.40. The van der Waals surface area contributed by atoms with Gasteiger partial charge in [-0.3, -0.25) is 0 Å². The molecule has 1 aliphatic heterocycles. The standard InChI is InChI=1S/C10H14N2/c11-6-10-5-8-3-1-2-4-9(8)7-12-10/h1-4,10,12H,5-7,11H2. The van der Waals surface area contributed by atoms with Crippen LogP contribution in [0, 0.1) is 0 Å². The van der Waals surface area contributed by atoms with E-state index in [4.69, 9.17) is 5.73 Å². The van der Waals surface area contributed by atoms with Gasteiger partial charge in [0.15, 0.2) is 0 Å². The van der Waals surface area contributed by atoms with Gasteiger partial charge in [-0.1, -0.05) is 24.3 Å². The van der Waals surface area contributed by atoms with E-state index in [1.165, 1.54) is 11.1 Å². The van der Waals surface area contributed by atoms with Gasteiger partial charge < -0.3 is 11.1 Å². The minimum Gasteiger partial charge on any atom is -0.329 e. The maximum absolute atomic E-state index is 5.60. The van der Waals surface area contributed by atoms with Crippen LogP contribution in [-0.2, 0) is 13.0 Å². The molecule has 0 spiro atoms. The van der Waals surface area contributed by atoms with Crippen molar-refractivity contribution in [3.8, 4) is 0 Å². The zero-order valence-corrected chi connectivity index (χ0v) is 7.09. The Hall–Kier alpha value is -0.860. The average Bonchev–Trinajstić information content (AvgIpc) is 2.17. The van der Waals surface area contributed by atoms with Gasteiger partial charge in [0.2, 0.25) is 0 Å². The lowest BCUT2D eigenvalue weighted by atomic mass is 9.96. The second-order valence-electron chi connectivity index (χ2n) is 3.29. The molecule has 0 aliphatic carbocycles. The molecule has 1 unspecified atom stereocenters. The lowest BCUT2D eigenvalue weighted by molar-refractivity contribution is 0.487. The highest BCUT2D eigenvalue weighted by Crippen LogP contribution is 2.15. The molecular formula is C10H14N2. The number of nitrogens with two attached hydrogens (primary N) is 1. The molecule has 0 radical (unpaired) electrons. The van der Waals surface area contributed by atoms with Crippen LogP contribution in [0.5, 0.6) is 0 Å². The van der Waals surface area contributed by atoms with Crippen molar-refractivity contribution in [2.45, 2.75) is 19.0 Å². The van der Waals surface area contributed by atoms with Crippen molar-refractivity contribution in [3.63, 3.8) is 0 Å². The van der Waals surface area contributed by atoms with Crippen molar-refractivity contribution in [1.29, 1.82) is 0 Å². The normalized spacial score (nSPS) is 21.9. The van der Waals surface area contributed by atoms with E-state index >= 15 is 0 Å². The number of hydrogen-bond donors (Lipinski definition) is 2. The summed E-state index contributed by atoms with van der Waals surface area (Å²) in [6, 6.07) is 9.02. The third kappa shape index (κ3) is 1.36. The predicted molar refractivity (Wildman–Crippen MR) is 49.8 cm³/mol. The molecule has 0 fully saturated rings. The molecule has 0 saturated heterocycles. The van der Waals surface area contributed by atoms with Gasteiger partial charge in [0, 0.05) is 19.1 Å². The number of hydrogen-bond acceptors (Lipinski definition) is 2. The molecule has 64 valence electrons. The summed E-state index contributed by atoms with van der Waals surface area (Å²) in [7, 11) is 0. The second-order valence-corrected chi connectivity index (χ2v) is 3.29. The molecule has 1 aromatic rings. The van der Waals surface area contributed by atoms with Crippen LogP contribution in [0.25, 0.3) is 0 Å². The first kappa shape index (κ1) is 7.77. The first-order chi connectivity index (χ1) is 5.90. The third-order valence-electron chi connectivity index (χ3n) is 2.45. The van der Waals surface area contributed by atoms with E-state index in [0.29, 0.717) is 6.04 Å².